The van der Waals surface area contributed by atoms with Crippen molar-refractivity contribution in [1.82, 2.24) is 14.8 Å². The molecule has 3 heterocycles. The predicted molar refractivity (Wildman–Crippen MR) is 148 cm³/mol. The fraction of sp³-hybridized carbons (Fsp3) is 0.355. The van der Waals surface area contributed by atoms with Crippen LogP contribution in [0.25, 0.3) is 0 Å². The van der Waals surface area contributed by atoms with Gasteiger partial charge in [-0.1, -0.05) is 6.07 Å². The topological polar surface area (TPSA) is 89.8 Å². The Labute approximate surface area is 241 Å². The highest BCUT2D eigenvalue weighted by Gasteiger charge is 2.43. The van der Waals surface area contributed by atoms with E-state index in [0.717, 1.165) is 18.0 Å². The molecule has 5 rings (SSSR count). The minimum Gasteiger partial charge on any atom is -0.410 e. The van der Waals surface area contributed by atoms with Gasteiger partial charge in [0.2, 0.25) is 5.91 Å². The summed E-state index contributed by atoms with van der Waals surface area (Å²) < 4.78 is 46.9. The smallest absolute Gasteiger partial charge is 0.410 e. The van der Waals surface area contributed by atoms with Crippen molar-refractivity contribution in [2.24, 2.45) is 5.92 Å². The lowest BCUT2D eigenvalue weighted by molar-refractivity contribution is -0.135. The average Bonchev–Trinajstić information content (AvgIpc) is 3.45. The van der Waals surface area contributed by atoms with Gasteiger partial charge in [-0.3, -0.25) is 4.79 Å². The number of piperidine rings is 1. The van der Waals surface area contributed by atoms with Gasteiger partial charge in [0.1, 0.15) is 23.5 Å². The van der Waals surface area contributed by atoms with Crippen LogP contribution in [0.1, 0.15) is 36.8 Å². The van der Waals surface area contributed by atoms with Crippen molar-refractivity contribution >= 4 is 17.8 Å². The zero-order valence-electron chi connectivity index (χ0n) is 23.1. The van der Waals surface area contributed by atoms with E-state index in [1.165, 1.54) is 41.4 Å². The van der Waals surface area contributed by atoms with E-state index in [1.807, 2.05) is 0 Å². The van der Waals surface area contributed by atoms with Crippen molar-refractivity contribution in [3.63, 3.8) is 0 Å². The van der Waals surface area contributed by atoms with Crippen LogP contribution in [0.5, 0.6) is 5.75 Å². The number of ether oxygens (including phenoxy) is 1. The molecule has 3 aromatic rings. The van der Waals surface area contributed by atoms with Crippen molar-refractivity contribution in [3.05, 3.63) is 89.4 Å². The highest BCUT2D eigenvalue weighted by molar-refractivity contribution is 5.80. The number of anilines is 1. The van der Waals surface area contributed by atoms with Gasteiger partial charge in [0.15, 0.2) is 11.6 Å². The second-order valence-electron chi connectivity index (χ2n) is 10.5. The third kappa shape index (κ3) is 6.17. The van der Waals surface area contributed by atoms with Crippen LogP contribution in [0.15, 0.2) is 60.8 Å². The molecule has 42 heavy (non-hydrogen) atoms. The van der Waals surface area contributed by atoms with Crippen molar-refractivity contribution in [1.29, 1.82) is 5.26 Å². The molecule has 11 heteroatoms. The number of carbonyl (C=O) groups excluding carboxylic acids is 2. The third-order valence-electron chi connectivity index (χ3n) is 8.01. The van der Waals surface area contributed by atoms with Gasteiger partial charge in [-0.2, -0.15) is 5.26 Å². The lowest BCUT2D eigenvalue weighted by atomic mass is 9.93. The number of hydrogen-bond acceptors (Lipinski definition) is 6. The van der Waals surface area contributed by atoms with E-state index in [0.29, 0.717) is 37.1 Å². The van der Waals surface area contributed by atoms with Gasteiger partial charge in [0.25, 0.3) is 0 Å². The summed E-state index contributed by atoms with van der Waals surface area (Å²) in [4.78, 5) is 36.6. The van der Waals surface area contributed by atoms with Crippen LogP contribution >= 0.6 is 0 Å². The second-order valence-corrected chi connectivity index (χ2v) is 10.5. The van der Waals surface area contributed by atoms with Crippen molar-refractivity contribution < 1.29 is 27.5 Å². The SMILES string of the molecule is CCN(C(=O)Oc1ccc(F)cc1)[C@@H]1CN(C(=O)C2CCN(c3ccc(C#N)cn3)CC2)C[C@H]1c1ccc(F)c(F)c1. The first-order valence-corrected chi connectivity index (χ1v) is 13.9. The summed E-state index contributed by atoms with van der Waals surface area (Å²) in [6.07, 6.45) is 2.04. The molecule has 0 radical (unpaired) electrons. The molecule has 0 spiro atoms. The monoisotopic (exact) mass is 577 g/mol. The number of benzene rings is 2. The average molecular weight is 578 g/mol. The molecule has 0 aliphatic carbocycles. The number of carbonyl (C=O) groups is 2. The molecule has 0 bridgehead atoms. The maximum absolute atomic E-state index is 14.3. The molecule has 2 fully saturated rings. The molecule has 0 unspecified atom stereocenters. The van der Waals surface area contributed by atoms with Gasteiger partial charge in [0.05, 0.1) is 11.6 Å². The van der Waals surface area contributed by atoms with Crippen LogP contribution in [0, 0.1) is 34.7 Å². The molecule has 2 aliphatic heterocycles. The number of likely N-dealkylation sites (N-methyl/N-ethyl adjacent to an activating group) is 1. The molecule has 2 atom stereocenters. The minimum atomic E-state index is -1.00. The molecule has 218 valence electrons. The largest absolute Gasteiger partial charge is 0.415 e. The number of aromatic nitrogens is 1. The summed E-state index contributed by atoms with van der Waals surface area (Å²) in [5, 5.41) is 9.01. The second kappa shape index (κ2) is 12.5. The molecule has 2 aliphatic rings. The van der Waals surface area contributed by atoms with Crippen LogP contribution in [0.4, 0.5) is 23.8 Å². The molecular weight excluding hydrogens is 547 g/mol. The summed E-state index contributed by atoms with van der Waals surface area (Å²) in [6, 6.07) is 13.7. The Kier molecular flexibility index (Phi) is 8.61. The highest BCUT2D eigenvalue weighted by Crippen LogP contribution is 2.35. The Morgan fingerprint density at radius 2 is 1.76 bits per heavy atom. The fourth-order valence-corrected chi connectivity index (χ4v) is 5.77. The number of halogens is 3. The van der Waals surface area contributed by atoms with E-state index in [1.54, 1.807) is 24.0 Å². The van der Waals surface area contributed by atoms with E-state index in [9.17, 15) is 22.8 Å². The molecular formula is C31H30F3N5O3. The van der Waals surface area contributed by atoms with E-state index >= 15 is 0 Å². The quantitative estimate of drug-likeness (QED) is 0.405. The zero-order valence-corrected chi connectivity index (χ0v) is 23.1. The number of pyridine rings is 1. The van der Waals surface area contributed by atoms with Crippen molar-refractivity contribution in [2.45, 2.75) is 31.7 Å². The van der Waals surface area contributed by atoms with E-state index in [2.05, 4.69) is 16.0 Å². The van der Waals surface area contributed by atoms with Crippen LogP contribution in [-0.2, 0) is 4.79 Å². The zero-order chi connectivity index (χ0) is 29.8. The molecule has 2 saturated heterocycles. The Morgan fingerprint density at radius 1 is 1.02 bits per heavy atom. The van der Waals surface area contributed by atoms with Gasteiger partial charge < -0.3 is 19.4 Å². The molecule has 1 aromatic heterocycles. The van der Waals surface area contributed by atoms with Crippen molar-refractivity contribution in [2.75, 3.05) is 37.6 Å². The number of likely N-dealkylation sites (tertiary alicyclic amines) is 1. The number of hydrogen-bond donors (Lipinski definition) is 0. The number of amides is 2. The van der Waals surface area contributed by atoms with Crippen LogP contribution in [0.2, 0.25) is 0 Å². The lowest BCUT2D eigenvalue weighted by Gasteiger charge is -2.34. The first kappa shape index (κ1) is 28.9. The Balaban J connectivity index is 1.32. The number of rotatable bonds is 6. The van der Waals surface area contributed by atoms with Gasteiger partial charge in [-0.05, 0) is 73.9 Å². The summed E-state index contributed by atoms with van der Waals surface area (Å²) >= 11 is 0. The minimum absolute atomic E-state index is 0.0551. The molecule has 8 nitrogen and oxygen atoms in total. The fourth-order valence-electron chi connectivity index (χ4n) is 5.77. The van der Waals surface area contributed by atoms with Gasteiger partial charge in [0, 0.05) is 50.8 Å². The van der Waals surface area contributed by atoms with E-state index in [4.69, 9.17) is 10.00 Å². The molecule has 2 amide bonds. The number of nitriles is 1. The Morgan fingerprint density at radius 3 is 2.38 bits per heavy atom. The maximum atomic E-state index is 14.3. The summed E-state index contributed by atoms with van der Waals surface area (Å²) in [5.41, 5.74) is 0.953. The van der Waals surface area contributed by atoms with Gasteiger partial charge >= 0.3 is 6.09 Å². The summed E-state index contributed by atoms with van der Waals surface area (Å²) in [7, 11) is 0. The summed E-state index contributed by atoms with van der Waals surface area (Å²) in [6.45, 7) is 3.67. The predicted octanol–water partition coefficient (Wildman–Crippen LogP) is 5.10. The van der Waals surface area contributed by atoms with Gasteiger partial charge in [-0.15, -0.1) is 0 Å². The first-order chi connectivity index (χ1) is 20.3. The maximum Gasteiger partial charge on any atom is 0.415 e. The van der Waals surface area contributed by atoms with Crippen LogP contribution in [-0.4, -0.2) is 65.5 Å². The molecule has 2 aromatic carbocycles. The third-order valence-corrected chi connectivity index (χ3v) is 8.01. The number of nitrogens with zero attached hydrogens (tertiary/aromatic N) is 5. The lowest BCUT2D eigenvalue weighted by Crippen LogP contribution is -2.47. The van der Waals surface area contributed by atoms with E-state index < -0.39 is 35.5 Å². The Bertz CT molecular complexity index is 1470. The van der Waals surface area contributed by atoms with Crippen LogP contribution < -0.4 is 9.64 Å². The summed E-state index contributed by atoms with van der Waals surface area (Å²) in [5.74, 6) is -2.32. The van der Waals surface area contributed by atoms with Gasteiger partial charge in [-0.25, -0.2) is 22.9 Å². The first-order valence-electron chi connectivity index (χ1n) is 13.9. The highest BCUT2D eigenvalue weighted by atomic mass is 19.2. The van der Waals surface area contributed by atoms with Crippen LogP contribution in [0.3, 0.4) is 0 Å². The van der Waals surface area contributed by atoms with E-state index in [-0.39, 0.29) is 37.2 Å². The molecule has 0 saturated carbocycles. The normalized spacial score (nSPS) is 18.9. The Hall–Kier alpha value is -4.59. The molecule has 0 N–H and O–H groups in total. The standard InChI is InChI=1S/C31H30F3N5O3/c1-2-39(31(41)42-24-7-5-23(32)6-8-24)28-19-38(18-25(28)22-4-9-26(33)27(34)15-22)30(40)21-11-13-37(14-12-21)29-10-3-20(16-35)17-36-29/h3-10,15,17,21,25,28H,2,11-14,18-19H2,1H3/t25-,28+/m0/s1. The van der Waals surface area contributed by atoms with Crippen molar-refractivity contribution in [3.8, 4) is 11.8 Å².